The second-order valence-electron chi connectivity index (χ2n) is 4.85. The van der Waals surface area contributed by atoms with E-state index in [1.807, 2.05) is 30.3 Å². The van der Waals surface area contributed by atoms with Crippen molar-refractivity contribution in [1.29, 1.82) is 0 Å². The highest BCUT2D eigenvalue weighted by Crippen LogP contribution is 2.06. The summed E-state index contributed by atoms with van der Waals surface area (Å²) in [6.45, 7) is 5.35. The molecule has 0 amide bonds. The summed E-state index contributed by atoms with van der Waals surface area (Å²) >= 11 is 0. The molecule has 0 unspecified atom stereocenters. The van der Waals surface area contributed by atoms with E-state index in [4.69, 9.17) is 4.84 Å². The summed E-state index contributed by atoms with van der Waals surface area (Å²) in [7, 11) is -3.39. The largest absolute Gasteiger partial charge is 0.281 e. The Labute approximate surface area is 103 Å². The average molecular weight is 257 g/mol. The third-order valence-corrected chi connectivity index (χ3v) is 3.06. The highest BCUT2D eigenvalue weighted by atomic mass is 32.2. The van der Waals surface area contributed by atoms with Gasteiger partial charge < -0.3 is 0 Å². The Morgan fingerprint density at radius 3 is 2.29 bits per heavy atom. The van der Waals surface area contributed by atoms with Crippen LogP contribution in [0.15, 0.2) is 30.3 Å². The van der Waals surface area contributed by atoms with Gasteiger partial charge in [0.15, 0.2) is 0 Å². The molecule has 0 aromatic heterocycles. The van der Waals surface area contributed by atoms with Crippen LogP contribution in [0.3, 0.4) is 0 Å². The van der Waals surface area contributed by atoms with Crippen molar-refractivity contribution in [3.63, 3.8) is 0 Å². The maximum Gasteiger partial charge on any atom is 0.233 e. The molecule has 5 heteroatoms. The summed E-state index contributed by atoms with van der Waals surface area (Å²) < 4.78 is 23.2. The van der Waals surface area contributed by atoms with Gasteiger partial charge in [0, 0.05) is 0 Å². The fraction of sp³-hybridized carbons (Fsp3) is 0.500. The summed E-state index contributed by atoms with van der Waals surface area (Å²) in [5, 5.41) is 0. The number of hydrogen-bond acceptors (Lipinski definition) is 3. The molecule has 1 aromatic carbocycles. The van der Waals surface area contributed by atoms with Crippen LogP contribution in [0.4, 0.5) is 0 Å². The molecule has 0 atom stereocenters. The third-order valence-electron chi connectivity index (χ3n) is 1.98. The first-order valence-corrected chi connectivity index (χ1v) is 7.15. The van der Waals surface area contributed by atoms with Crippen LogP contribution in [-0.2, 0) is 21.3 Å². The third kappa shape index (κ3) is 6.41. The Morgan fingerprint density at radius 1 is 1.18 bits per heavy atom. The molecule has 4 nitrogen and oxygen atoms in total. The minimum atomic E-state index is -3.39. The zero-order valence-electron chi connectivity index (χ0n) is 10.4. The van der Waals surface area contributed by atoms with Gasteiger partial charge in [0.1, 0.15) is 0 Å². The van der Waals surface area contributed by atoms with Crippen molar-refractivity contribution in [2.75, 3.05) is 5.75 Å². The first-order valence-electron chi connectivity index (χ1n) is 5.50. The van der Waals surface area contributed by atoms with Crippen molar-refractivity contribution in [1.82, 2.24) is 4.89 Å². The maximum atomic E-state index is 11.6. The smallest absolute Gasteiger partial charge is 0.233 e. The lowest BCUT2D eigenvalue weighted by Gasteiger charge is -2.19. The van der Waals surface area contributed by atoms with Crippen LogP contribution >= 0.6 is 0 Å². The Bertz CT molecular complexity index is 435. The average Bonchev–Trinajstić information content (AvgIpc) is 2.25. The molecular weight excluding hydrogens is 238 g/mol. The summed E-state index contributed by atoms with van der Waals surface area (Å²) in [4.78, 5) is 7.19. The highest BCUT2D eigenvalue weighted by Gasteiger charge is 2.16. The molecule has 0 saturated carbocycles. The number of benzene rings is 1. The molecule has 1 N–H and O–H groups in total. The first kappa shape index (κ1) is 14.2. The number of nitrogens with one attached hydrogen (secondary N) is 1. The van der Waals surface area contributed by atoms with E-state index in [2.05, 4.69) is 4.89 Å². The van der Waals surface area contributed by atoms with Crippen LogP contribution in [0.2, 0.25) is 0 Å². The van der Waals surface area contributed by atoms with Crippen molar-refractivity contribution in [3.05, 3.63) is 35.9 Å². The fourth-order valence-corrected chi connectivity index (χ4v) is 2.09. The van der Waals surface area contributed by atoms with E-state index < -0.39 is 15.6 Å². The normalized spacial score (nSPS) is 12.6. The number of aryl methyl sites for hydroxylation is 1. The minimum Gasteiger partial charge on any atom is -0.281 e. The van der Waals surface area contributed by atoms with Gasteiger partial charge in [-0.15, -0.1) is 0 Å². The molecule has 1 rings (SSSR count). The number of rotatable bonds is 5. The maximum absolute atomic E-state index is 11.6. The Morgan fingerprint density at radius 2 is 1.76 bits per heavy atom. The van der Waals surface area contributed by atoms with E-state index in [9.17, 15) is 8.42 Å². The van der Waals surface area contributed by atoms with Crippen LogP contribution in [0, 0.1) is 0 Å². The molecule has 0 spiro atoms. The van der Waals surface area contributed by atoms with Crippen molar-refractivity contribution in [3.8, 4) is 0 Å². The van der Waals surface area contributed by atoms with Crippen LogP contribution in [-0.4, -0.2) is 19.8 Å². The molecule has 0 aliphatic carbocycles. The molecule has 1 aromatic rings. The van der Waals surface area contributed by atoms with Gasteiger partial charge in [-0.05, 0) is 32.8 Å². The zero-order chi connectivity index (χ0) is 12.9. The van der Waals surface area contributed by atoms with Gasteiger partial charge in [-0.2, -0.15) is 0 Å². The number of hydrogen-bond donors (Lipinski definition) is 1. The lowest BCUT2D eigenvalue weighted by molar-refractivity contribution is -0.0357. The van der Waals surface area contributed by atoms with E-state index in [0.29, 0.717) is 6.42 Å². The zero-order valence-corrected chi connectivity index (χ0v) is 11.3. The molecule has 0 fully saturated rings. The standard InChI is InChI=1S/C12H19NO3S/c1-12(2,3)16-13-17(14,15)10-9-11-7-5-4-6-8-11/h4-8,13H,9-10H2,1-3H3. The van der Waals surface area contributed by atoms with Gasteiger partial charge in [0.2, 0.25) is 10.0 Å². The second kappa shape index (κ2) is 5.62. The van der Waals surface area contributed by atoms with E-state index in [0.717, 1.165) is 5.56 Å². The van der Waals surface area contributed by atoms with Crippen LogP contribution in [0.25, 0.3) is 0 Å². The molecule has 0 aliphatic heterocycles. The summed E-state index contributed by atoms with van der Waals surface area (Å²) in [5.41, 5.74) is 0.466. The second-order valence-corrected chi connectivity index (χ2v) is 6.66. The Hall–Kier alpha value is -0.910. The van der Waals surface area contributed by atoms with Crippen molar-refractivity contribution >= 4 is 10.0 Å². The van der Waals surface area contributed by atoms with Gasteiger partial charge in [-0.25, -0.2) is 8.42 Å². The summed E-state index contributed by atoms with van der Waals surface area (Å²) in [5.74, 6) is 0.0209. The topological polar surface area (TPSA) is 55.4 Å². The molecule has 0 aliphatic rings. The molecule has 0 bridgehead atoms. The van der Waals surface area contributed by atoms with Gasteiger partial charge in [-0.1, -0.05) is 35.2 Å². The van der Waals surface area contributed by atoms with Crippen LogP contribution in [0.1, 0.15) is 26.3 Å². The number of sulfonamides is 1. The first-order chi connectivity index (χ1) is 7.79. The molecular formula is C12H19NO3S. The fourth-order valence-electron chi connectivity index (χ4n) is 1.13. The lowest BCUT2D eigenvalue weighted by Crippen LogP contribution is -2.35. The Balaban J connectivity index is 2.46. The Kier molecular flexibility index (Phi) is 4.68. The molecule has 17 heavy (non-hydrogen) atoms. The van der Waals surface area contributed by atoms with Crippen molar-refractivity contribution in [2.24, 2.45) is 0 Å². The SMILES string of the molecule is CC(C)(C)ONS(=O)(=O)CCc1ccccc1. The lowest BCUT2D eigenvalue weighted by atomic mass is 10.2. The molecule has 0 heterocycles. The summed E-state index contributed by atoms with van der Waals surface area (Å²) in [6.07, 6.45) is 0.476. The predicted molar refractivity (Wildman–Crippen MR) is 67.9 cm³/mol. The van der Waals surface area contributed by atoms with Crippen molar-refractivity contribution in [2.45, 2.75) is 32.8 Å². The molecule has 96 valence electrons. The van der Waals surface area contributed by atoms with Gasteiger partial charge in [0.05, 0.1) is 11.4 Å². The van der Waals surface area contributed by atoms with Crippen LogP contribution < -0.4 is 4.89 Å². The molecule has 0 saturated heterocycles. The minimum absolute atomic E-state index is 0.0209. The quantitative estimate of drug-likeness (QED) is 0.819. The van der Waals surface area contributed by atoms with E-state index in [1.165, 1.54) is 0 Å². The van der Waals surface area contributed by atoms with Gasteiger partial charge in [-0.3, -0.25) is 4.84 Å². The molecule has 0 radical (unpaired) electrons. The summed E-state index contributed by atoms with van der Waals surface area (Å²) in [6, 6.07) is 9.49. The monoisotopic (exact) mass is 257 g/mol. The van der Waals surface area contributed by atoms with E-state index in [-0.39, 0.29) is 5.75 Å². The van der Waals surface area contributed by atoms with Crippen molar-refractivity contribution < 1.29 is 13.3 Å². The van der Waals surface area contributed by atoms with Crippen LogP contribution in [0.5, 0.6) is 0 Å². The predicted octanol–water partition coefficient (Wildman–Crippen LogP) is 1.88. The van der Waals surface area contributed by atoms with E-state index in [1.54, 1.807) is 20.8 Å². The van der Waals surface area contributed by atoms with E-state index >= 15 is 0 Å². The van der Waals surface area contributed by atoms with Gasteiger partial charge in [0.25, 0.3) is 0 Å². The highest BCUT2D eigenvalue weighted by molar-refractivity contribution is 7.89. The van der Waals surface area contributed by atoms with Gasteiger partial charge >= 0.3 is 0 Å².